The zero-order valence-electron chi connectivity index (χ0n) is 11.5. The lowest BCUT2D eigenvalue weighted by molar-refractivity contribution is -0.127. The van der Waals surface area contributed by atoms with Crippen LogP contribution in [0.1, 0.15) is 52.9 Å². The van der Waals surface area contributed by atoms with E-state index in [4.69, 9.17) is 5.73 Å². The van der Waals surface area contributed by atoms with Gasteiger partial charge in [0.1, 0.15) is 0 Å². The number of carbonyl (C=O) groups is 1. The highest BCUT2D eigenvalue weighted by Gasteiger charge is 2.26. The van der Waals surface area contributed by atoms with Crippen molar-refractivity contribution in [2.24, 2.45) is 23.5 Å². The van der Waals surface area contributed by atoms with Gasteiger partial charge in [0.05, 0.1) is 5.92 Å². The van der Waals surface area contributed by atoms with Gasteiger partial charge >= 0.3 is 0 Å². The Morgan fingerprint density at radius 2 is 1.94 bits per heavy atom. The molecule has 1 aliphatic rings. The van der Waals surface area contributed by atoms with E-state index < -0.39 is 0 Å². The number of nitrogens with one attached hydrogen (secondary N) is 1. The lowest BCUT2D eigenvalue weighted by Crippen LogP contribution is -2.45. The van der Waals surface area contributed by atoms with E-state index in [1.165, 1.54) is 25.7 Å². The molecule has 3 unspecified atom stereocenters. The van der Waals surface area contributed by atoms with E-state index in [2.05, 4.69) is 26.1 Å². The van der Waals surface area contributed by atoms with Crippen LogP contribution in [0.5, 0.6) is 0 Å². The lowest BCUT2D eigenvalue weighted by atomic mass is 9.92. The molecule has 100 valence electrons. The maximum absolute atomic E-state index is 12.2. The van der Waals surface area contributed by atoms with Crippen LogP contribution >= 0.6 is 0 Å². The molecule has 3 nitrogen and oxygen atoms in total. The molecule has 1 aliphatic carbocycles. The zero-order valence-corrected chi connectivity index (χ0v) is 11.5. The topological polar surface area (TPSA) is 55.1 Å². The predicted octanol–water partition coefficient (Wildman–Crippen LogP) is 2.30. The molecule has 0 aromatic heterocycles. The summed E-state index contributed by atoms with van der Waals surface area (Å²) in [6, 6.07) is 0.359. The van der Waals surface area contributed by atoms with E-state index in [9.17, 15) is 4.79 Å². The SMILES string of the molecule is CC(C)C(CN)C(=O)NC1CCCCCC1C. The molecule has 0 bridgehead atoms. The first-order chi connectivity index (χ1) is 8.06. The van der Waals surface area contributed by atoms with Crippen molar-refractivity contribution in [3.8, 4) is 0 Å². The van der Waals surface area contributed by atoms with Crippen LogP contribution < -0.4 is 11.1 Å². The molecule has 0 spiro atoms. The molecule has 3 atom stereocenters. The number of hydrogen-bond acceptors (Lipinski definition) is 2. The minimum Gasteiger partial charge on any atom is -0.353 e. The Hall–Kier alpha value is -0.570. The first-order valence-corrected chi connectivity index (χ1v) is 7.06. The summed E-state index contributed by atoms with van der Waals surface area (Å²) >= 11 is 0. The Bertz CT molecular complexity index is 240. The van der Waals surface area contributed by atoms with E-state index in [1.807, 2.05) is 0 Å². The average Bonchev–Trinajstić information content (AvgIpc) is 2.45. The fourth-order valence-corrected chi connectivity index (χ4v) is 2.68. The predicted molar refractivity (Wildman–Crippen MR) is 71.6 cm³/mol. The molecule has 0 aliphatic heterocycles. The Kier molecular flexibility index (Phi) is 5.96. The number of rotatable bonds is 4. The highest BCUT2D eigenvalue weighted by molar-refractivity contribution is 5.79. The Labute approximate surface area is 106 Å². The molecule has 0 heterocycles. The summed E-state index contributed by atoms with van der Waals surface area (Å²) in [6.07, 6.45) is 6.21. The summed E-state index contributed by atoms with van der Waals surface area (Å²) in [4.78, 5) is 12.2. The molecule has 0 aromatic rings. The minimum atomic E-state index is -0.0366. The molecule has 1 fully saturated rings. The van der Waals surface area contributed by atoms with Crippen molar-refractivity contribution in [1.29, 1.82) is 0 Å². The van der Waals surface area contributed by atoms with Gasteiger partial charge in [-0.1, -0.05) is 40.0 Å². The number of hydrogen-bond donors (Lipinski definition) is 2. The quantitative estimate of drug-likeness (QED) is 0.741. The molecule has 0 aromatic carbocycles. The van der Waals surface area contributed by atoms with Gasteiger partial charge in [-0.3, -0.25) is 4.79 Å². The van der Waals surface area contributed by atoms with Crippen LogP contribution in [0.15, 0.2) is 0 Å². The lowest BCUT2D eigenvalue weighted by Gasteiger charge is -2.26. The third-order valence-electron chi connectivity index (χ3n) is 4.08. The highest BCUT2D eigenvalue weighted by Crippen LogP contribution is 2.23. The monoisotopic (exact) mass is 240 g/mol. The van der Waals surface area contributed by atoms with E-state index >= 15 is 0 Å². The summed E-state index contributed by atoms with van der Waals surface area (Å²) < 4.78 is 0. The third kappa shape index (κ3) is 4.30. The molecular formula is C14H28N2O. The van der Waals surface area contributed by atoms with Crippen molar-refractivity contribution in [2.75, 3.05) is 6.54 Å². The molecule has 1 rings (SSSR count). The standard InChI is InChI=1S/C14H28N2O/c1-10(2)12(9-15)14(17)16-13-8-6-4-5-7-11(13)3/h10-13H,4-9,15H2,1-3H3,(H,16,17). The van der Waals surface area contributed by atoms with Gasteiger partial charge in [-0.15, -0.1) is 0 Å². The normalized spacial score (nSPS) is 27.6. The van der Waals surface area contributed by atoms with Crippen molar-refractivity contribution in [3.63, 3.8) is 0 Å². The van der Waals surface area contributed by atoms with Crippen LogP contribution in [0.25, 0.3) is 0 Å². The van der Waals surface area contributed by atoms with Gasteiger partial charge in [-0.2, -0.15) is 0 Å². The van der Waals surface area contributed by atoms with E-state index in [1.54, 1.807) is 0 Å². The highest BCUT2D eigenvalue weighted by atomic mass is 16.2. The smallest absolute Gasteiger partial charge is 0.224 e. The minimum absolute atomic E-state index is 0.0366. The molecule has 3 N–H and O–H groups in total. The Balaban J connectivity index is 2.53. The van der Waals surface area contributed by atoms with Gasteiger partial charge in [0.2, 0.25) is 5.91 Å². The van der Waals surface area contributed by atoms with Crippen molar-refractivity contribution >= 4 is 5.91 Å². The summed E-state index contributed by atoms with van der Waals surface area (Å²) in [5.74, 6) is 1.04. The van der Waals surface area contributed by atoms with Crippen LogP contribution in [-0.4, -0.2) is 18.5 Å². The van der Waals surface area contributed by atoms with Crippen molar-refractivity contribution in [2.45, 2.75) is 58.9 Å². The van der Waals surface area contributed by atoms with E-state index in [-0.39, 0.29) is 11.8 Å². The third-order valence-corrected chi connectivity index (χ3v) is 4.08. The maximum Gasteiger partial charge on any atom is 0.224 e. The first kappa shape index (κ1) is 14.5. The summed E-state index contributed by atoms with van der Waals surface area (Å²) in [7, 11) is 0. The van der Waals surface area contributed by atoms with E-state index in [0.29, 0.717) is 24.4 Å². The summed E-state index contributed by atoms with van der Waals surface area (Å²) in [6.45, 7) is 6.83. The Morgan fingerprint density at radius 3 is 2.53 bits per heavy atom. The van der Waals surface area contributed by atoms with Crippen molar-refractivity contribution in [3.05, 3.63) is 0 Å². The van der Waals surface area contributed by atoms with Crippen LogP contribution in [-0.2, 0) is 4.79 Å². The Morgan fingerprint density at radius 1 is 1.29 bits per heavy atom. The zero-order chi connectivity index (χ0) is 12.8. The van der Waals surface area contributed by atoms with Crippen molar-refractivity contribution < 1.29 is 4.79 Å². The molecule has 0 saturated heterocycles. The molecule has 1 saturated carbocycles. The second-order valence-electron chi connectivity index (χ2n) is 5.82. The second kappa shape index (κ2) is 7.00. The van der Waals surface area contributed by atoms with Gasteiger partial charge in [0, 0.05) is 12.6 Å². The molecular weight excluding hydrogens is 212 g/mol. The maximum atomic E-state index is 12.2. The summed E-state index contributed by atoms with van der Waals surface area (Å²) in [5, 5.41) is 3.22. The van der Waals surface area contributed by atoms with Crippen LogP contribution in [0.2, 0.25) is 0 Å². The van der Waals surface area contributed by atoms with Gasteiger partial charge in [-0.05, 0) is 24.7 Å². The van der Waals surface area contributed by atoms with Gasteiger partial charge in [0.15, 0.2) is 0 Å². The fraction of sp³-hybridized carbons (Fsp3) is 0.929. The van der Waals surface area contributed by atoms with Crippen molar-refractivity contribution in [1.82, 2.24) is 5.32 Å². The average molecular weight is 240 g/mol. The first-order valence-electron chi connectivity index (χ1n) is 7.06. The number of nitrogens with two attached hydrogens (primary N) is 1. The van der Waals surface area contributed by atoms with Crippen LogP contribution in [0.4, 0.5) is 0 Å². The fourth-order valence-electron chi connectivity index (χ4n) is 2.68. The van der Waals surface area contributed by atoms with Gasteiger partial charge in [0.25, 0.3) is 0 Å². The molecule has 3 heteroatoms. The summed E-state index contributed by atoms with van der Waals surface area (Å²) in [5.41, 5.74) is 5.68. The molecule has 17 heavy (non-hydrogen) atoms. The van der Waals surface area contributed by atoms with E-state index in [0.717, 1.165) is 6.42 Å². The largest absolute Gasteiger partial charge is 0.353 e. The second-order valence-corrected chi connectivity index (χ2v) is 5.82. The van der Waals surface area contributed by atoms with Crippen LogP contribution in [0, 0.1) is 17.8 Å². The van der Waals surface area contributed by atoms with Crippen LogP contribution in [0.3, 0.4) is 0 Å². The van der Waals surface area contributed by atoms with Gasteiger partial charge < -0.3 is 11.1 Å². The molecule has 1 amide bonds. The number of carbonyl (C=O) groups excluding carboxylic acids is 1. The molecule has 0 radical (unpaired) electrons. The number of amides is 1. The van der Waals surface area contributed by atoms with Gasteiger partial charge in [-0.25, -0.2) is 0 Å².